The number of hydrogen-bond donors (Lipinski definition) is 0. The van der Waals surface area contributed by atoms with Crippen LogP contribution in [0.25, 0.3) is 5.69 Å². The minimum atomic E-state index is -3.03. The monoisotopic (exact) mass is 462 g/mol. The predicted molar refractivity (Wildman–Crippen MR) is 122 cm³/mol. The Kier molecular flexibility index (Phi) is 6.71. The van der Waals surface area contributed by atoms with Gasteiger partial charge in [-0.3, -0.25) is 4.79 Å². The Morgan fingerprint density at radius 1 is 1.16 bits per heavy atom. The molecule has 0 radical (unpaired) electrons. The van der Waals surface area contributed by atoms with Crippen LogP contribution < -0.4 is 0 Å². The summed E-state index contributed by atoms with van der Waals surface area (Å²) in [5.74, 6) is 1.49. The summed E-state index contributed by atoms with van der Waals surface area (Å²) in [5.41, 5.74) is 0.981. The Hall–Kier alpha value is -1.87. The molecule has 0 N–H and O–H groups in total. The molecule has 1 aliphatic carbocycles. The van der Waals surface area contributed by atoms with Gasteiger partial charge in [0.2, 0.25) is 11.1 Å². The largest absolute Gasteiger partial charge is 0.341 e. The number of aromatic nitrogens is 3. The topological polar surface area (TPSA) is 85.2 Å². The van der Waals surface area contributed by atoms with Gasteiger partial charge in [0.1, 0.15) is 5.82 Å². The van der Waals surface area contributed by atoms with Crippen LogP contribution in [0.15, 0.2) is 35.5 Å². The summed E-state index contributed by atoms with van der Waals surface area (Å²) < 4.78 is 25.5. The van der Waals surface area contributed by atoms with E-state index < -0.39 is 9.84 Å². The highest BCUT2D eigenvalue weighted by molar-refractivity contribution is 8.00. The second kappa shape index (κ2) is 9.32. The number of para-hydroxylation sites is 1. The number of benzene rings is 1. The van der Waals surface area contributed by atoms with Crippen molar-refractivity contribution in [1.29, 1.82) is 0 Å². The zero-order valence-electron chi connectivity index (χ0n) is 18.1. The van der Waals surface area contributed by atoms with Gasteiger partial charge in [-0.25, -0.2) is 18.1 Å². The van der Waals surface area contributed by atoms with E-state index in [0.717, 1.165) is 24.4 Å². The van der Waals surface area contributed by atoms with E-state index in [1.165, 1.54) is 31.0 Å². The lowest BCUT2D eigenvalue weighted by atomic mass is 9.88. The minimum Gasteiger partial charge on any atom is -0.341 e. The van der Waals surface area contributed by atoms with Crippen molar-refractivity contribution < 1.29 is 13.2 Å². The van der Waals surface area contributed by atoms with E-state index in [1.807, 2.05) is 41.9 Å². The molecule has 4 rings (SSSR count). The molecule has 31 heavy (non-hydrogen) atoms. The maximum Gasteiger partial charge on any atom is 0.235 e. The molecule has 168 valence electrons. The molecule has 9 heteroatoms. The van der Waals surface area contributed by atoms with Crippen molar-refractivity contribution in [2.75, 3.05) is 18.6 Å². The Morgan fingerprint density at radius 2 is 1.87 bits per heavy atom. The SMILES string of the molecule is C[C@@H](Sc1nc(C2CCCCC2)n(-c2ccccc2)n1)C(=O)N(C)[C@@H]1CCS(=O)(=O)C1. The van der Waals surface area contributed by atoms with Gasteiger partial charge in [-0.2, -0.15) is 0 Å². The maximum absolute atomic E-state index is 13.0. The first kappa shape index (κ1) is 22.3. The fourth-order valence-corrected chi connectivity index (χ4v) is 7.13. The molecule has 2 heterocycles. The number of rotatable bonds is 6. The lowest BCUT2D eigenvalue weighted by Crippen LogP contribution is -2.41. The zero-order valence-corrected chi connectivity index (χ0v) is 19.7. The number of carbonyl (C=O) groups is 1. The van der Waals surface area contributed by atoms with Crippen molar-refractivity contribution in [3.05, 3.63) is 36.2 Å². The van der Waals surface area contributed by atoms with Crippen LogP contribution in [-0.2, 0) is 14.6 Å². The molecule has 1 saturated heterocycles. The molecule has 1 aliphatic heterocycles. The molecule has 0 spiro atoms. The van der Waals surface area contributed by atoms with Crippen LogP contribution in [-0.4, -0.2) is 63.8 Å². The Bertz CT molecular complexity index is 1020. The van der Waals surface area contributed by atoms with E-state index in [-0.39, 0.29) is 28.7 Å². The van der Waals surface area contributed by atoms with Gasteiger partial charge in [0.25, 0.3) is 0 Å². The first-order chi connectivity index (χ1) is 14.8. The van der Waals surface area contributed by atoms with Crippen molar-refractivity contribution in [2.45, 2.75) is 67.8 Å². The number of amides is 1. The number of nitrogens with zero attached hydrogens (tertiary/aromatic N) is 4. The zero-order chi connectivity index (χ0) is 22.0. The van der Waals surface area contributed by atoms with Crippen LogP contribution in [0.3, 0.4) is 0 Å². The Balaban J connectivity index is 1.52. The highest BCUT2D eigenvalue weighted by Gasteiger charge is 2.35. The third-order valence-corrected chi connectivity index (χ3v) is 9.01. The molecule has 2 aromatic rings. The summed E-state index contributed by atoms with van der Waals surface area (Å²) in [6.07, 6.45) is 6.42. The summed E-state index contributed by atoms with van der Waals surface area (Å²) in [5, 5.41) is 4.97. The highest BCUT2D eigenvalue weighted by atomic mass is 32.2. The van der Waals surface area contributed by atoms with E-state index in [2.05, 4.69) is 0 Å². The van der Waals surface area contributed by atoms with E-state index in [1.54, 1.807) is 11.9 Å². The maximum atomic E-state index is 13.0. The summed E-state index contributed by atoms with van der Waals surface area (Å²) >= 11 is 1.35. The first-order valence-electron chi connectivity index (χ1n) is 11.0. The van der Waals surface area contributed by atoms with Crippen LogP contribution in [0.2, 0.25) is 0 Å². The second-order valence-corrected chi connectivity index (χ2v) is 12.1. The van der Waals surface area contributed by atoms with Gasteiger partial charge in [0.05, 0.1) is 22.4 Å². The van der Waals surface area contributed by atoms with Gasteiger partial charge in [0, 0.05) is 19.0 Å². The molecule has 2 fully saturated rings. The van der Waals surface area contributed by atoms with Gasteiger partial charge in [-0.15, -0.1) is 5.10 Å². The van der Waals surface area contributed by atoms with E-state index in [9.17, 15) is 13.2 Å². The van der Waals surface area contributed by atoms with Crippen LogP contribution in [0, 0.1) is 0 Å². The van der Waals surface area contributed by atoms with Crippen LogP contribution in [0.5, 0.6) is 0 Å². The molecule has 0 unspecified atom stereocenters. The van der Waals surface area contributed by atoms with Crippen molar-refractivity contribution in [1.82, 2.24) is 19.7 Å². The summed E-state index contributed by atoms with van der Waals surface area (Å²) in [6.45, 7) is 1.84. The molecule has 1 aromatic heterocycles. The van der Waals surface area contributed by atoms with Gasteiger partial charge in [-0.1, -0.05) is 49.2 Å². The van der Waals surface area contributed by atoms with Gasteiger partial charge in [-0.05, 0) is 38.3 Å². The normalized spacial score (nSPS) is 22.3. The third kappa shape index (κ3) is 5.14. The van der Waals surface area contributed by atoms with Crippen molar-refractivity contribution in [2.24, 2.45) is 0 Å². The van der Waals surface area contributed by atoms with E-state index >= 15 is 0 Å². The quantitative estimate of drug-likeness (QED) is 0.612. The van der Waals surface area contributed by atoms with Gasteiger partial charge in [0.15, 0.2) is 9.84 Å². The fraction of sp³-hybridized carbons (Fsp3) is 0.591. The van der Waals surface area contributed by atoms with Crippen LogP contribution >= 0.6 is 11.8 Å². The van der Waals surface area contributed by atoms with Gasteiger partial charge >= 0.3 is 0 Å². The average molecular weight is 463 g/mol. The van der Waals surface area contributed by atoms with Crippen molar-refractivity contribution in [3.63, 3.8) is 0 Å². The Morgan fingerprint density at radius 3 is 2.52 bits per heavy atom. The fourth-order valence-electron chi connectivity index (χ4n) is 4.49. The second-order valence-electron chi connectivity index (χ2n) is 8.60. The molecular formula is C22H30N4O3S2. The lowest BCUT2D eigenvalue weighted by Gasteiger charge is -2.25. The van der Waals surface area contributed by atoms with Crippen molar-refractivity contribution in [3.8, 4) is 5.69 Å². The van der Waals surface area contributed by atoms with Crippen molar-refractivity contribution >= 4 is 27.5 Å². The summed E-state index contributed by atoms with van der Waals surface area (Å²) in [7, 11) is -1.33. The summed E-state index contributed by atoms with van der Waals surface area (Å²) in [6, 6.07) is 9.77. The predicted octanol–water partition coefficient (Wildman–Crippen LogP) is 3.44. The summed E-state index contributed by atoms with van der Waals surface area (Å²) in [4.78, 5) is 19.4. The van der Waals surface area contributed by atoms with Gasteiger partial charge < -0.3 is 4.90 Å². The Labute approximate surface area is 188 Å². The molecule has 2 aliphatic rings. The molecule has 2 atom stereocenters. The smallest absolute Gasteiger partial charge is 0.235 e. The van der Waals surface area contributed by atoms with Crippen LogP contribution in [0.4, 0.5) is 0 Å². The number of hydrogen-bond acceptors (Lipinski definition) is 6. The third-order valence-electron chi connectivity index (χ3n) is 6.32. The first-order valence-corrected chi connectivity index (χ1v) is 13.7. The average Bonchev–Trinajstić information content (AvgIpc) is 3.37. The molecular weight excluding hydrogens is 432 g/mol. The number of carbonyl (C=O) groups excluding carboxylic acids is 1. The van der Waals surface area contributed by atoms with Crippen LogP contribution in [0.1, 0.15) is 57.2 Å². The number of thioether (sulfide) groups is 1. The molecule has 0 bridgehead atoms. The lowest BCUT2D eigenvalue weighted by molar-refractivity contribution is -0.130. The van der Waals surface area contributed by atoms with E-state index in [0.29, 0.717) is 17.5 Å². The standard InChI is InChI=1S/C22H30N4O3S2/c1-16(21(27)25(2)19-13-14-31(28,29)15-19)30-22-23-20(17-9-5-3-6-10-17)26(24-22)18-11-7-4-8-12-18/h4,7-8,11-12,16-17,19H,3,5-6,9-10,13-15H2,1-2H3/t16-,19-/m1/s1. The molecule has 7 nitrogen and oxygen atoms in total. The molecule has 1 aromatic carbocycles. The highest BCUT2D eigenvalue weighted by Crippen LogP contribution is 2.34. The van der Waals surface area contributed by atoms with E-state index in [4.69, 9.17) is 10.1 Å². The minimum absolute atomic E-state index is 0.0549. The molecule has 1 amide bonds. The molecule has 1 saturated carbocycles. The number of sulfone groups is 1.